The molecular weight excluding hydrogens is 257 g/mol. The summed E-state index contributed by atoms with van der Waals surface area (Å²) < 4.78 is 1.98. The molecule has 0 aliphatic rings. The van der Waals surface area contributed by atoms with Crippen LogP contribution in [0.2, 0.25) is 10.0 Å². The van der Waals surface area contributed by atoms with Gasteiger partial charge in [-0.25, -0.2) is 4.98 Å². The monoisotopic (exact) mass is 269 g/mol. The van der Waals surface area contributed by atoms with Crippen LogP contribution >= 0.6 is 23.2 Å². The second-order valence-electron chi connectivity index (χ2n) is 3.72. The summed E-state index contributed by atoms with van der Waals surface area (Å²) in [5.74, 6) is 0.738. The summed E-state index contributed by atoms with van der Waals surface area (Å²) in [6, 6.07) is 3.71. The van der Waals surface area contributed by atoms with Crippen molar-refractivity contribution in [2.24, 2.45) is 0 Å². The summed E-state index contributed by atoms with van der Waals surface area (Å²) in [5, 5.41) is 4.39. The van der Waals surface area contributed by atoms with Crippen LogP contribution in [0.4, 0.5) is 11.6 Å². The van der Waals surface area contributed by atoms with E-state index < -0.39 is 0 Å². The number of aryl methyl sites for hydroxylation is 2. The number of rotatable bonds is 3. The average Bonchev–Trinajstić information content (AvgIpc) is 2.77. The number of aromatic nitrogens is 2. The third-order valence-electron chi connectivity index (χ3n) is 2.58. The van der Waals surface area contributed by atoms with Crippen molar-refractivity contribution in [1.82, 2.24) is 9.55 Å². The molecule has 0 unspecified atom stereocenters. The van der Waals surface area contributed by atoms with E-state index in [0.717, 1.165) is 18.1 Å². The van der Waals surface area contributed by atoms with Crippen molar-refractivity contribution < 1.29 is 0 Å². The van der Waals surface area contributed by atoms with Gasteiger partial charge >= 0.3 is 0 Å². The lowest BCUT2D eigenvalue weighted by molar-refractivity contribution is 0.772. The number of hydrogen-bond acceptors (Lipinski definition) is 2. The van der Waals surface area contributed by atoms with E-state index in [9.17, 15) is 0 Å². The summed E-state index contributed by atoms with van der Waals surface area (Å²) in [6.07, 6.45) is 3.64. The first kappa shape index (κ1) is 12.3. The highest BCUT2D eigenvalue weighted by atomic mass is 35.5. The Hall–Kier alpha value is -1.19. The van der Waals surface area contributed by atoms with Gasteiger partial charge in [0.15, 0.2) is 0 Å². The molecule has 0 saturated heterocycles. The van der Waals surface area contributed by atoms with Crippen LogP contribution in [0.5, 0.6) is 0 Å². The standard InChI is InChI=1S/C12H13Cl2N3/c1-3-17-7-6-15-12(17)16-11-9(13)5-4-8(2)10(11)14/h4-7H,3H2,1-2H3,(H,15,16). The van der Waals surface area contributed by atoms with Crippen LogP contribution in [-0.2, 0) is 6.54 Å². The molecule has 1 aromatic heterocycles. The van der Waals surface area contributed by atoms with Gasteiger partial charge in [-0.1, -0.05) is 29.3 Å². The van der Waals surface area contributed by atoms with Crippen LogP contribution in [0.3, 0.4) is 0 Å². The lowest BCUT2D eigenvalue weighted by Crippen LogP contribution is -2.02. The third-order valence-corrected chi connectivity index (χ3v) is 3.38. The molecule has 5 heteroatoms. The smallest absolute Gasteiger partial charge is 0.207 e. The summed E-state index contributed by atoms with van der Waals surface area (Å²) >= 11 is 12.4. The van der Waals surface area contributed by atoms with Crippen molar-refractivity contribution in [3.63, 3.8) is 0 Å². The summed E-state index contributed by atoms with van der Waals surface area (Å²) in [7, 11) is 0. The first-order valence-electron chi connectivity index (χ1n) is 5.36. The zero-order valence-electron chi connectivity index (χ0n) is 9.67. The number of imidazole rings is 1. The lowest BCUT2D eigenvalue weighted by Gasteiger charge is -2.12. The van der Waals surface area contributed by atoms with Crippen LogP contribution < -0.4 is 5.32 Å². The maximum Gasteiger partial charge on any atom is 0.207 e. The molecule has 17 heavy (non-hydrogen) atoms. The molecule has 0 amide bonds. The van der Waals surface area contributed by atoms with Gasteiger partial charge in [-0.05, 0) is 25.5 Å². The van der Waals surface area contributed by atoms with Gasteiger partial charge in [0.25, 0.3) is 0 Å². The van der Waals surface area contributed by atoms with Gasteiger partial charge < -0.3 is 9.88 Å². The quantitative estimate of drug-likeness (QED) is 0.902. The zero-order chi connectivity index (χ0) is 12.4. The van der Waals surface area contributed by atoms with Crippen molar-refractivity contribution in [2.75, 3.05) is 5.32 Å². The van der Waals surface area contributed by atoms with Gasteiger partial charge in [0, 0.05) is 18.9 Å². The highest BCUT2D eigenvalue weighted by Crippen LogP contribution is 2.34. The van der Waals surface area contributed by atoms with E-state index >= 15 is 0 Å². The minimum atomic E-state index is 0.589. The molecule has 0 saturated carbocycles. The van der Waals surface area contributed by atoms with Gasteiger partial charge in [-0.15, -0.1) is 0 Å². The molecule has 2 rings (SSSR count). The van der Waals surface area contributed by atoms with E-state index in [-0.39, 0.29) is 0 Å². The lowest BCUT2D eigenvalue weighted by atomic mass is 10.2. The van der Waals surface area contributed by atoms with Gasteiger partial charge in [0.05, 0.1) is 15.7 Å². The van der Waals surface area contributed by atoms with Crippen molar-refractivity contribution in [3.05, 3.63) is 40.1 Å². The van der Waals surface area contributed by atoms with E-state index in [4.69, 9.17) is 23.2 Å². The summed E-state index contributed by atoms with van der Waals surface area (Å²) in [6.45, 7) is 4.83. The number of nitrogens with one attached hydrogen (secondary N) is 1. The topological polar surface area (TPSA) is 29.9 Å². The molecule has 3 nitrogen and oxygen atoms in total. The van der Waals surface area contributed by atoms with Crippen LogP contribution in [0.1, 0.15) is 12.5 Å². The Bertz CT molecular complexity index is 535. The number of hydrogen-bond donors (Lipinski definition) is 1. The largest absolute Gasteiger partial charge is 0.323 e. The Morgan fingerprint density at radius 3 is 2.82 bits per heavy atom. The molecule has 0 radical (unpaired) electrons. The Labute approximate surface area is 110 Å². The summed E-state index contributed by atoms with van der Waals surface area (Å²) in [5.41, 5.74) is 1.68. The maximum atomic E-state index is 6.23. The first-order chi connectivity index (χ1) is 8.13. The molecule has 90 valence electrons. The van der Waals surface area contributed by atoms with E-state index in [0.29, 0.717) is 15.7 Å². The number of benzene rings is 1. The highest BCUT2D eigenvalue weighted by molar-refractivity contribution is 6.39. The number of halogens is 2. The van der Waals surface area contributed by atoms with Crippen LogP contribution in [0.15, 0.2) is 24.5 Å². The average molecular weight is 270 g/mol. The second-order valence-corrected chi connectivity index (χ2v) is 4.50. The molecule has 1 N–H and O–H groups in total. The minimum absolute atomic E-state index is 0.589. The Morgan fingerprint density at radius 1 is 1.35 bits per heavy atom. The fraction of sp³-hybridized carbons (Fsp3) is 0.250. The molecule has 0 fully saturated rings. The zero-order valence-corrected chi connectivity index (χ0v) is 11.2. The van der Waals surface area contributed by atoms with Crippen LogP contribution in [0.25, 0.3) is 0 Å². The van der Waals surface area contributed by atoms with E-state index in [1.165, 1.54) is 0 Å². The minimum Gasteiger partial charge on any atom is -0.323 e. The molecule has 1 aromatic carbocycles. The normalized spacial score (nSPS) is 10.6. The molecule has 0 atom stereocenters. The fourth-order valence-corrected chi connectivity index (χ4v) is 2.04. The van der Waals surface area contributed by atoms with Crippen LogP contribution in [-0.4, -0.2) is 9.55 Å². The molecule has 2 aromatic rings. The second kappa shape index (κ2) is 4.98. The van der Waals surface area contributed by atoms with E-state index in [2.05, 4.69) is 10.3 Å². The highest BCUT2D eigenvalue weighted by Gasteiger charge is 2.10. The number of nitrogens with zero attached hydrogens (tertiary/aromatic N) is 2. The fourth-order valence-electron chi connectivity index (χ4n) is 1.57. The molecule has 1 heterocycles. The Balaban J connectivity index is 2.39. The van der Waals surface area contributed by atoms with Gasteiger partial charge in [0.1, 0.15) is 0 Å². The molecular formula is C12H13Cl2N3. The van der Waals surface area contributed by atoms with Crippen molar-refractivity contribution in [2.45, 2.75) is 20.4 Å². The molecule has 0 spiro atoms. The maximum absolute atomic E-state index is 6.23. The van der Waals surface area contributed by atoms with Gasteiger partial charge in [-0.2, -0.15) is 0 Å². The molecule has 0 aliphatic carbocycles. The Kier molecular flexibility index (Phi) is 3.60. The van der Waals surface area contributed by atoms with E-state index in [1.54, 1.807) is 6.20 Å². The number of anilines is 2. The van der Waals surface area contributed by atoms with Crippen molar-refractivity contribution in [3.8, 4) is 0 Å². The van der Waals surface area contributed by atoms with Crippen LogP contribution in [0, 0.1) is 6.92 Å². The predicted molar refractivity (Wildman–Crippen MR) is 72.4 cm³/mol. The van der Waals surface area contributed by atoms with Crippen molar-refractivity contribution in [1.29, 1.82) is 0 Å². The summed E-state index contributed by atoms with van der Waals surface area (Å²) in [4.78, 5) is 4.23. The first-order valence-corrected chi connectivity index (χ1v) is 6.11. The molecule has 0 aliphatic heterocycles. The van der Waals surface area contributed by atoms with E-state index in [1.807, 2.05) is 36.7 Å². The van der Waals surface area contributed by atoms with Gasteiger partial charge in [0.2, 0.25) is 5.95 Å². The molecule has 0 bridgehead atoms. The van der Waals surface area contributed by atoms with Gasteiger partial charge in [-0.3, -0.25) is 0 Å². The Morgan fingerprint density at radius 2 is 2.12 bits per heavy atom. The SMILES string of the molecule is CCn1ccnc1Nc1c(Cl)ccc(C)c1Cl. The third kappa shape index (κ3) is 2.40. The van der Waals surface area contributed by atoms with Crippen molar-refractivity contribution >= 4 is 34.8 Å². The predicted octanol–water partition coefficient (Wildman–Crippen LogP) is 4.26.